The van der Waals surface area contributed by atoms with Crippen molar-refractivity contribution < 1.29 is 10.2 Å². The van der Waals surface area contributed by atoms with Crippen LogP contribution in [-0.4, -0.2) is 22.4 Å². The van der Waals surface area contributed by atoms with Crippen LogP contribution < -0.4 is 0 Å². The Morgan fingerprint density at radius 1 is 0.778 bits per heavy atom. The highest BCUT2D eigenvalue weighted by molar-refractivity contribution is 4.85. The van der Waals surface area contributed by atoms with Gasteiger partial charge in [0.15, 0.2) is 0 Å². The smallest absolute Gasteiger partial charge is 0.0799 e. The van der Waals surface area contributed by atoms with E-state index in [0.717, 1.165) is 44.9 Å². The van der Waals surface area contributed by atoms with Crippen molar-refractivity contribution in [3.05, 3.63) is 5.92 Å². The van der Waals surface area contributed by atoms with E-state index in [0.29, 0.717) is 0 Å². The van der Waals surface area contributed by atoms with Gasteiger partial charge in [-0.1, -0.05) is 52.9 Å². The summed E-state index contributed by atoms with van der Waals surface area (Å²) in [5.41, 5.74) is 0. The second kappa shape index (κ2) is 12.0. The molecule has 0 aliphatic rings. The molecular formula is C16H33O2. The summed E-state index contributed by atoms with van der Waals surface area (Å²) < 4.78 is 0. The van der Waals surface area contributed by atoms with Crippen molar-refractivity contribution in [3.63, 3.8) is 0 Å². The average Bonchev–Trinajstić information content (AvgIpc) is 2.38. The lowest BCUT2D eigenvalue weighted by molar-refractivity contribution is 0.00722. The van der Waals surface area contributed by atoms with Crippen LogP contribution in [0.5, 0.6) is 0 Å². The highest BCUT2D eigenvalue weighted by atomic mass is 16.3. The van der Waals surface area contributed by atoms with Crippen LogP contribution >= 0.6 is 0 Å². The second-order valence-corrected chi connectivity index (χ2v) is 5.33. The minimum atomic E-state index is -0.520. The number of unbranched alkanes of at least 4 members (excludes halogenated alkanes) is 3. The Labute approximate surface area is 114 Å². The lowest BCUT2D eigenvalue weighted by Gasteiger charge is -2.18. The number of rotatable bonds is 12. The van der Waals surface area contributed by atoms with Crippen molar-refractivity contribution in [3.8, 4) is 0 Å². The fraction of sp³-hybridized carbons (Fsp3) is 0.938. The van der Waals surface area contributed by atoms with Crippen molar-refractivity contribution in [1.29, 1.82) is 0 Å². The highest BCUT2D eigenvalue weighted by Gasteiger charge is 2.15. The van der Waals surface area contributed by atoms with Crippen molar-refractivity contribution in [2.24, 2.45) is 0 Å². The van der Waals surface area contributed by atoms with Gasteiger partial charge in [-0.25, -0.2) is 0 Å². The van der Waals surface area contributed by atoms with E-state index in [-0.39, 0.29) is 0 Å². The summed E-state index contributed by atoms with van der Waals surface area (Å²) in [4.78, 5) is 0. The van der Waals surface area contributed by atoms with E-state index in [1.165, 1.54) is 19.3 Å². The molecule has 0 saturated heterocycles. The fourth-order valence-corrected chi connectivity index (χ4v) is 2.32. The predicted molar refractivity (Wildman–Crippen MR) is 78.4 cm³/mol. The Morgan fingerprint density at radius 3 is 1.72 bits per heavy atom. The molecule has 0 spiro atoms. The number of hydrogen-bond acceptors (Lipinski definition) is 2. The summed E-state index contributed by atoms with van der Waals surface area (Å²) in [6.45, 7) is 6.58. The Balaban J connectivity index is 3.53. The van der Waals surface area contributed by atoms with Crippen LogP contribution in [0.25, 0.3) is 0 Å². The molecule has 0 bridgehead atoms. The monoisotopic (exact) mass is 257 g/mol. The number of aliphatic hydroxyl groups is 2. The minimum Gasteiger partial charge on any atom is -0.390 e. The van der Waals surface area contributed by atoms with Crippen molar-refractivity contribution in [2.75, 3.05) is 0 Å². The van der Waals surface area contributed by atoms with E-state index in [4.69, 9.17) is 0 Å². The Morgan fingerprint density at radius 2 is 1.28 bits per heavy atom. The quantitative estimate of drug-likeness (QED) is 0.513. The lowest BCUT2D eigenvalue weighted by Crippen LogP contribution is -2.25. The van der Waals surface area contributed by atoms with Crippen LogP contribution in [0.4, 0.5) is 0 Å². The predicted octanol–water partition coefficient (Wildman–Crippen LogP) is 4.24. The van der Waals surface area contributed by atoms with Gasteiger partial charge in [-0.15, -0.1) is 0 Å². The average molecular weight is 257 g/mol. The van der Waals surface area contributed by atoms with Gasteiger partial charge in [-0.3, -0.25) is 0 Å². The van der Waals surface area contributed by atoms with E-state index < -0.39 is 12.2 Å². The molecule has 2 N–H and O–H groups in total. The Kier molecular flexibility index (Phi) is 11.9. The van der Waals surface area contributed by atoms with Gasteiger partial charge >= 0.3 is 0 Å². The first-order valence-corrected chi connectivity index (χ1v) is 7.85. The van der Waals surface area contributed by atoms with Gasteiger partial charge in [-0.05, 0) is 38.0 Å². The molecule has 0 saturated carbocycles. The van der Waals surface area contributed by atoms with E-state index in [1.807, 2.05) is 0 Å². The molecule has 2 atom stereocenters. The Hall–Kier alpha value is -0.0800. The SMILES string of the molecule is CCCCCC(O)C(O)CCCC[C](CC)CC. The first-order chi connectivity index (χ1) is 8.65. The zero-order valence-corrected chi connectivity index (χ0v) is 12.6. The maximum atomic E-state index is 9.84. The van der Waals surface area contributed by atoms with Crippen LogP contribution in [0.1, 0.15) is 85.0 Å². The molecular weight excluding hydrogens is 224 g/mol. The zero-order chi connectivity index (χ0) is 13.8. The summed E-state index contributed by atoms with van der Waals surface area (Å²) >= 11 is 0. The molecule has 0 aromatic heterocycles. The molecule has 2 heteroatoms. The van der Waals surface area contributed by atoms with Crippen LogP contribution in [0.3, 0.4) is 0 Å². The van der Waals surface area contributed by atoms with Gasteiger partial charge in [-0.2, -0.15) is 0 Å². The molecule has 0 amide bonds. The largest absolute Gasteiger partial charge is 0.390 e. The summed E-state index contributed by atoms with van der Waals surface area (Å²) in [5, 5.41) is 19.6. The van der Waals surface area contributed by atoms with E-state index in [9.17, 15) is 10.2 Å². The summed E-state index contributed by atoms with van der Waals surface area (Å²) in [6.07, 6.45) is 9.51. The third-order valence-electron chi connectivity index (χ3n) is 3.83. The summed E-state index contributed by atoms with van der Waals surface area (Å²) in [5.74, 6) is 1.62. The molecule has 0 aliphatic heterocycles. The number of hydrogen-bond donors (Lipinski definition) is 2. The van der Waals surface area contributed by atoms with Crippen LogP contribution in [0.15, 0.2) is 0 Å². The molecule has 109 valence electrons. The molecule has 0 rings (SSSR count). The van der Waals surface area contributed by atoms with Gasteiger partial charge in [0, 0.05) is 0 Å². The molecule has 0 fully saturated rings. The van der Waals surface area contributed by atoms with E-state index in [1.54, 1.807) is 5.92 Å². The molecule has 1 radical (unpaired) electrons. The topological polar surface area (TPSA) is 40.5 Å². The summed E-state index contributed by atoms with van der Waals surface area (Å²) in [7, 11) is 0. The van der Waals surface area contributed by atoms with Crippen molar-refractivity contribution >= 4 is 0 Å². The highest BCUT2D eigenvalue weighted by Crippen LogP contribution is 2.20. The molecule has 2 unspecified atom stereocenters. The third kappa shape index (κ3) is 8.93. The first kappa shape index (κ1) is 17.9. The number of aliphatic hydroxyl groups excluding tert-OH is 2. The van der Waals surface area contributed by atoms with E-state index in [2.05, 4.69) is 20.8 Å². The third-order valence-corrected chi connectivity index (χ3v) is 3.83. The van der Waals surface area contributed by atoms with Crippen LogP contribution in [-0.2, 0) is 0 Å². The van der Waals surface area contributed by atoms with Gasteiger partial charge in [0.2, 0.25) is 0 Å². The minimum absolute atomic E-state index is 0.516. The van der Waals surface area contributed by atoms with Crippen molar-refractivity contribution in [1.82, 2.24) is 0 Å². The van der Waals surface area contributed by atoms with Gasteiger partial charge in [0.05, 0.1) is 12.2 Å². The lowest BCUT2D eigenvalue weighted by atomic mass is 9.94. The fourth-order valence-electron chi connectivity index (χ4n) is 2.32. The molecule has 0 aliphatic carbocycles. The Bertz CT molecular complexity index is 166. The zero-order valence-electron chi connectivity index (χ0n) is 12.6. The van der Waals surface area contributed by atoms with Crippen molar-refractivity contribution in [2.45, 2.75) is 97.2 Å². The molecule has 18 heavy (non-hydrogen) atoms. The maximum Gasteiger partial charge on any atom is 0.0799 e. The standard InChI is InChI=1S/C16H33O2/c1-4-7-8-12-15(17)16(18)13-10-9-11-14(5-2)6-3/h15-18H,4-13H2,1-3H3. The van der Waals surface area contributed by atoms with Crippen LogP contribution in [0.2, 0.25) is 0 Å². The molecule has 0 aromatic rings. The molecule has 2 nitrogen and oxygen atoms in total. The normalized spacial score (nSPS) is 15.0. The van der Waals surface area contributed by atoms with E-state index >= 15 is 0 Å². The second-order valence-electron chi connectivity index (χ2n) is 5.33. The van der Waals surface area contributed by atoms with Crippen LogP contribution in [0, 0.1) is 5.92 Å². The molecule has 0 heterocycles. The molecule has 0 aromatic carbocycles. The maximum absolute atomic E-state index is 9.84. The van der Waals surface area contributed by atoms with Gasteiger partial charge in [0.1, 0.15) is 0 Å². The first-order valence-electron chi connectivity index (χ1n) is 7.85. The van der Waals surface area contributed by atoms with Gasteiger partial charge in [0.25, 0.3) is 0 Å². The van der Waals surface area contributed by atoms with Gasteiger partial charge < -0.3 is 10.2 Å². The summed E-state index contributed by atoms with van der Waals surface area (Å²) in [6, 6.07) is 0.